The molecular weight excluding hydrogens is 278 g/mol. The van der Waals surface area contributed by atoms with E-state index in [9.17, 15) is 4.79 Å². The number of hydrogen-bond donors (Lipinski definition) is 0. The largest absolute Gasteiger partial charge is 0.484 e. The van der Waals surface area contributed by atoms with Crippen LogP contribution in [0.3, 0.4) is 0 Å². The van der Waals surface area contributed by atoms with Crippen LogP contribution in [-0.4, -0.2) is 19.1 Å². The van der Waals surface area contributed by atoms with Crippen LogP contribution >= 0.6 is 0 Å². The molecule has 0 radical (unpaired) electrons. The van der Waals surface area contributed by atoms with Gasteiger partial charge in [-0.1, -0.05) is 18.2 Å². The van der Waals surface area contributed by atoms with Gasteiger partial charge in [-0.05, 0) is 36.4 Å². The number of carbonyl (C=O) groups excluding carboxylic acids is 1. The Bertz CT molecular complexity index is 712. The summed E-state index contributed by atoms with van der Waals surface area (Å²) in [7, 11) is 0. The molecule has 2 aromatic carbocycles. The standard InChI is InChI=1S/C17H13N3O2/c18-10-11-20(15-4-2-1-3-5-15)17(21)13-22-16-8-6-14(12-19)7-9-16/h1-9H,11,13H2. The smallest absolute Gasteiger partial charge is 0.265 e. The van der Waals surface area contributed by atoms with Gasteiger partial charge in [-0.15, -0.1) is 0 Å². The molecule has 0 aliphatic carbocycles. The number of benzene rings is 2. The van der Waals surface area contributed by atoms with Gasteiger partial charge in [-0.2, -0.15) is 10.5 Å². The quantitative estimate of drug-likeness (QED) is 0.793. The Morgan fingerprint density at radius 2 is 1.73 bits per heavy atom. The summed E-state index contributed by atoms with van der Waals surface area (Å²) in [5, 5.41) is 17.6. The molecule has 2 aromatic rings. The Kier molecular flexibility index (Phi) is 5.12. The average Bonchev–Trinajstić information content (AvgIpc) is 2.58. The van der Waals surface area contributed by atoms with Crippen molar-refractivity contribution >= 4 is 11.6 Å². The van der Waals surface area contributed by atoms with Gasteiger partial charge in [0.05, 0.1) is 17.7 Å². The van der Waals surface area contributed by atoms with Crippen molar-refractivity contribution in [2.75, 3.05) is 18.1 Å². The van der Waals surface area contributed by atoms with Crippen molar-refractivity contribution in [1.82, 2.24) is 0 Å². The van der Waals surface area contributed by atoms with E-state index in [1.165, 1.54) is 4.90 Å². The van der Waals surface area contributed by atoms with Crippen LogP contribution in [0.15, 0.2) is 54.6 Å². The maximum absolute atomic E-state index is 12.2. The predicted octanol–water partition coefficient (Wildman–Crippen LogP) is 2.49. The van der Waals surface area contributed by atoms with Gasteiger partial charge in [0.1, 0.15) is 12.3 Å². The zero-order valence-corrected chi connectivity index (χ0v) is 11.8. The van der Waals surface area contributed by atoms with Crippen molar-refractivity contribution in [3.8, 4) is 17.9 Å². The number of ether oxygens (including phenoxy) is 1. The van der Waals surface area contributed by atoms with E-state index < -0.39 is 0 Å². The van der Waals surface area contributed by atoms with E-state index in [1.54, 1.807) is 48.5 Å². The van der Waals surface area contributed by atoms with Gasteiger partial charge >= 0.3 is 0 Å². The number of para-hydroxylation sites is 1. The number of anilines is 1. The molecule has 0 unspecified atom stereocenters. The van der Waals surface area contributed by atoms with Crippen LogP contribution in [0.25, 0.3) is 0 Å². The van der Waals surface area contributed by atoms with Crippen LogP contribution in [0.4, 0.5) is 5.69 Å². The summed E-state index contributed by atoms with van der Waals surface area (Å²) in [5.74, 6) is 0.189. The molecule has 0 spiro atoms. The number of nitriles is 2. The van der Waals surface area contributed by atoms with Crippen molar-refractivity contribution in [2.45, 2.75) is 0 Å². The third-order valence-electron chi connectivity index (χ3n) is 2.94. The SMILES string of the molecule is N#CCN(C(=O)COc1ccc(C#N)cc1)c1ccccc1. The minimum Gasteiger partial charge on any atom is -0.484 e. The van der Waals surface area contributed by atoms with E-state index in [2.05, 4.69) is 0 Å². The molecule has 5 nitrogen and oxygen atoms in total. The van der Waals surface area contributed by atoms with Crippen LogP contribution in [-0.2, 0) is 4.79 Å². The number of amides is 1. The molecule has 0 N–H and O–H groups in total. The molecule has 0 heterocycles. The van der Waals surface area contributed by atoms with Crippen LogP contribution in [0.1, 0.15) is 5.56 Å². The zero-order chi connectivity index (χ0) is 15.8. The highest BCUT2D eigenvalue weighted by atomic mass is 16.5. The Hall–Kier alpha value is -3.31. The third-order valence-corrected chi connectivity index (χ3v) is 2.94. The molecule has 5 heteroatoms. The summed E-state index contributed by atoms with van der Waals surface area (Å²) in [6.45, 7) is -0.220. The lowest BCUT2D eigenvalue weighted by Gasteiger charge is -2.19. The molecule has 0 bridgehead atoms. The fourth-order valence-corrected chi connectivity index (χ4v) is 1.85. The number of rotatable bonds is 5. The molecule has 108 valence electrons. The second-order valence-corrected chi connectivity index (χ2v) is 4.40. The van der Waals surface area contributed by atoms with Gasteiger partial charge in [0.2, 0.25) is 0 Å². The van der Waals surface area contributed by atoms with E-state index in [1.807, 2.05) is 18.2 Å². The van der Waals surface area contributed by atoms with Gasteiger partial charge in [-0.25, -0.2) is 0 Å². The average molecular weight is 291 g/mol. The molecule has 0 aliphatic rings. The number of carbonyl (C=O) groups is 1. The van der Waals surface area contributed by atoms with E-state index >= 15 is 0 Å². The van der Waals surface area contributed by atoms with Gasteiger partial charge in [0, 0.05) is 5.69 Å². The summed E-state index contributed by atoms with van der Waals surface area (Å²) in [6, 6.07) is 19.4. The van der Waals surface area contributed by atoms with E-state index in [0.29, 0.717) is 17.0 Å². The van der Waals surface area contributed by atoms with Crippen molar-refractivity contribution in [3.05, 3.63) is 60.2 Å². The van der Waals surface area contributed by atoms with Crippen molar-refractivity contribution in [1.29, 1.82) is 10.5 Å². The fourth-order valence-electron chi connectivity index (χ4n) is 1.85. The Morgan fingerprint density at radius 3 is 2.32 bits per heavy atom. The maximum atomic E-state index is 12.2. The molecule has 0 fully saturated rings. The summed E-state index contributed by atoms with van der Waals surface area (Å²) in [5.41, 5.74) is 1.17. The minimum absolute atomic E-state index is 0.0421. The van der Waals surface area contributed by atoms with E-state index in [4.69, 9.17) is 15.3 Å². The lowest BCUT2D eigenvalue weighted by molar-refractivity contribution is -0.120. The van der Waals surface area contributed by atoms with Crippen molar-refractivity contribution in [2.24, 2.45) is 0 Å². The second kappa shape index (κ2) is 7.47. The molecule has 0 atom stereocenters. The summed E-state index contributed by atoms with van der Waals surface area (Å²) in [4.78, 5) is 13.6. The number of hydrogen-bond acceptors (Lipinski definition) is 4. The van der Waals surface area contributed by atoms with Crippen LogP contribution in [0.2, 0.25) is 0 Å². The summed E-state index contributed by atoms with van der Waals surface area (Å²) in [6.07, 6.45) is 0. The summed E-state index contributed by atoms with van der Waals surface area (Å²) < 4.78 is 5.41. The Balaban J connectivity index is 2.02. The lowest BCUT2D eigenvalue weighted by Crippen LogP contribution is -2.35. The number of nitrogens with zero attached hydrogens (tertiary/aromatic N) is 3. The second-order valence-electron chi connectivity index (χ2n) is 4.40. The monoisotopic (exact) mass is 291 g/mol. The van der Waals surface area contributed by atoms with Gasteiger partial charge in [0.15, 0.2) is 6.61 Å². The first-order chi connectivity index (χ1) is 10.7. The highest BCUT2D eigenvalue weighted by Crippen LogP contribution is 2.15. The van der Waals surface area contributed by atoms with Gasteiger partial charge in [-0.3, -0.25) is 9.69 Å². The van der Waals surface area contributed by atoms with Crippen molar-refractivity contribution in [3.63, 3.8) is 0 Å². The molecule has 0 saturated carbocycles. The van der Waals surface area contributed by atoms with Gasteiger partial charge < -0.3 is 4.74 Å². The van der Waals surface area contributed by atoms with Crippen molar-refractivity contribution < 1.29 is 9.53 Å². The highest BCUT2D eigenvalue weighted by Gasteiger charge is 2.15. The highest BCUT2D eigenvalue weighted by molar-refractivity contribution is 5.94. The zero-order valence-electron chi connectivity index (χ0n) is 11.8. The Morgan fingerprint density at radius 1 is 1.05 bits per heavy atom. The van der Waals surface area contributed by atoms with Crippen LogP contribution < -0.4 is 9.64 Å². The first-order valence-electron chi connectivity index (χ1n) is 6.60. The third kappa shape index (κ3) is 3.84. The van der Waals surface area contributed by atoms with Crippen LogP contribution in [0.5, 0.6) is 5.75 Å². The summed E-state index contributed by atoms with van der Waals surface area (Å²) >= 11 is 0. The predicted molar refractivity (Wildman–Crippen MR) is 81.1 cm³/mol. The Labute approximate surface area is 128 Å². The lowest BCUT2D eigenvalue weighted by atomic mass is 10.2. The van der Waals surface area contributed by atoms with Crippen LogP contribution in [0, 0.1) is 22.7 Å². The molecule has 0 saturated heterocycles. The molecule has 2 rings (SSSR count). The molecule has 22 heavy (non-hydrogen) atoms. The van der Waals surface area contributed by atoms with E-state index in [0.717, 1.165) is 0 Å². The maximum Gasteiger partial charge on any atom is 0.265 e. The van der Waals surface area contributed by atoms with Gasteiger partial charge in [0.25, 0.3) is 5.91 Å². The molecule has 1 amide bonds. The minimum atomic E-state index is -0.308. The molecule has 0 aromatic heterocycles. The molecular formula is C17H13N3O2. The topological polar surface area (TPSA) is 77.1 Å². The fraction of sp³-hybridized carbons (Fsp3) is 0.118. The molecule has 0 aliphatic heterocycles. The first kappa shape index (κ1) is 15.1. The van der Waals surface area contributed by atoms with E-state index in [-0.39, 0.29) is 19.1 Å². The first-order valence-corrected chi connectivity index (χ1v) is 6.60. The normalized spacial score (nSPS) is 9.36.